The highest BCUT2D eigenvalue weighted by atomic mass is 16.6. The van der Waals surface area contributed by atoms with Gasteiger partial charge in [0.2, 0.25) is 5.41 Å². The molecule has 0 fully saturated rings. The maximum Gasteiger partial charge on any atom is 0.332 e. The molecule has 1 atom stereocenters. The van der Waals surface area contributed by atoms with Gasteiger partial charge in [0.05, 0.1) is 6.61 Å². The van der Waals surface area contributed by atoms with Crippen LogP contribution < -0.4 is 0 Å². The van der Waals surface area contributed by atoms with Crippen LogP contribution in [-0.2, 0) is 25.5 Å². The number of hydrogen-bond donors (Lipinski definition) is 0. The van der Waals surface area contributed by atoms with Crippen molar-refractivity contribution in [3.63, 3.8) is 0 Å². The van der Waals surface area contributed by atoms with E-state index in [1.54, 1.807) is 45.9 Å². The first-order valence-electron chi connectivity index (χ1n) is 8.78. The van der Waals surface area contributed by atoms with Crippen molar-refractivity contribution in [3.8, 4) is 0 Å². The van der Waals surface area contributed by atoms with Gasteiger partial charge < -0.3 is 9.47 Å². The Hall–Kier alpha value is -2.43. The molecule has 5 nitrogen and oxygen atoms in total. The second kappa shape index (κ2) is 8.79. The van der Waals surface area contributed by atoms with Gasteiger partial charge in [0.15, 0.2) is 5.78 Å². The third-order valence-electron chi connectivity index (χ3n) is 3.85. The largest absolute Gasteiger partial charge is 0.465 e. The normalized spacial score (nSPS) is 13.4. The first kappa shape index (κ1) is 21.6. The van der Waals surface area contributed by atoms with Gasteiger partial charge in [0, 0.05) is 5.56 Å². The summed E-state index contributed by atoms with van der Waals surface area (Å²) in [5.41, 5.74) is -1.90. The predicted octanol–water partition coefficient (Wildman–Crippen LogP) is 3.90. The van der Waals surface area contributed by atoms with Crippen molar-refractivity contribution in [2.24, 2.45) is 5.41 Å². The molecule has 0 aliphatic rings. The van der Waals surface area contributed by atoms with E-state index >= 15 is 0 Å². The van der Waals surface area contributed by atoms with Crippen LogP contribution in [-0.4, -0.2) is 29.9 Å². The molecule has 0 bridgehead atoms. The van der Waals surface area contributed by atoms with E-state index in [0.29, 0.717) is 12.0 Å². The van der Waals surface area contributed by atoms with Crippen LogP contribution in [0.15, 0.2) is 36.9 Å². The third kappa shape index (κ3) is 4.59. The zero-order valence-electron chi connectivity index (χ0n) is 16.3. The molecule has 0 radical (unpaired) electrons. The smallest absolute Gasteiger partial charge is 0.332 e. The molecule has 0 saturated carbocycles. The summed E-state index contributed by atoms with van der Waals surface area (Å²) in [6.45, 7) is 12.2. The summed E-state index contributed by atoms with van der Waals surface area (Å²) < 4.78 is 10.5. The Morgan fingerprint density at radius 2 is 1.69 bits per heavy atom. The van der Waals surface area contributed by atoms with E-state index in [2.05, 4.69) is 6.58 Å². The van der Waals surface area contributed by atoms with Crippen LogP contribution in [0.3, 0.4) is 0 Å². The minimum absolute atomic E-state index is 0.0449. The number of esters is 2. The van der Waals surface area contributed by atoms with E-state index in [9.17, 15) is 14.4 Å². The lowest BCUT2D eigenvalue weighted by atomic mass is 9.76. The fourth-order valence-electron chi connectivity index (χ4n) is 2.64. The van der Waals surface area contributed by atoms with Crippen molar-refractivity contribution >= 4 is 17.7 Å². The van der Waals surface area contributed by atoms with Gasteiger partial charge in [-0.25, -0.2) is 0 Å². The Morgan fingerprint density at radius 3 is 2.19 bits per heavy atom. The highest BCUT2D eigenvalue weighted by Crippen LogP contribution is 2.34. The number of ketones is 1. The maximum atomic E-state index is 13.4. The van der Waals surface area contributed by atoms with E-state index < -0.39 is 28.7 Å². The topological polar surface area (TPSA) is 69.7 Å². The Labute approximate surface area is 155 Å². The molecule has 5 heteroatoms. The number of Topliss-reactive ketones (excluding diaryl/α,β-unsaturated/α-hetero) is 1. The van der Waals surface area contributed by atoms with Gasteiger partial charge in [-0.15, -0.1) is 6.58 Å². The van der Waals surface area contributed by atoms with Crippen LogP contribution in [0.4, 0.5) is 0 Å². The van der Waals surface area contributed by atoms with Crippen molar-refractivity contribution in [2.75, 3.05) is 6.61 Å². The molecule has 0 N–H and O–H groups in total. The van der Waals surface area contributed by atoms with E-state index in [4.69, 9.17) is 9.47 Å². The van der Waals surface area contributed by atoms with E-state index in [1.807, 2.05) is 13.0 Å². The zero-order chi connectivity index (χ0) is 20.0. The molecule has 0 saturated heterocycles. The van der Waals surface area contributed by atoms with Gasteiger partial charge in [-0.05, 0) is 46.1 Å². The van der Waals surface area contributed by atoms with E-state index in [1.165, 1.54) is 6.08 Å². The highest BCUT2D eigenvalue weighted by molar-refractivity contribution is 6.26. The number of hydrogen-bond acceptors (Lipinski definition) is 5. The van der Waals surface area contributed by atoms with E-state index in [0.717, 1.165) is 5.56 Å². The number of rotatable bonds is 8. The molecular formula is C21H28O5. The first-order valence-corrected chi connectivity index (χ1v) is 8.78. The summed E-state index contributed by atoms with van der Waals surface area (Å²) in [7, 11) is 0. The molecule has 0 amide bonds. The molecule has 1 aromatic carbocycles. The van der Waals surface area contributed by atoms with Crippen molar-refractivity contribution in [2.45, 2.75) is 53.1 Å². The summed E-state index contributed by atoms with van der Waals surface area (Å²) in [6.07, 6.45) is 1.76. The third-order valence-corrected chi connectivity index (χ3v) is 3.85. The highest BCUT2D eigenvalue weighted by Gasteiger charge is 2.56. The summed E-state index contributed by atoms with van der Waals surface area (Å²) in [5, 5.41) is 0. The van der Waals surface area contributed by atoms with Crippen molar-refractivity contribution in [1.82, 2.24) is 0 Å². The summed E-state index contributed by atoms with van der Waals surface area (Å²) in [6, 6.07) is 6.92. The molecule has 0 aromatic heterocycles. The van der Waals surface area contributed by atoms with Crippen LogP contribution in [0.2, 0.25) is 0 Å². The molecule has 1 unspecified atom stereocenters. The lowest BCUT2D eigenvalue weighted by Gasteiger charge is -2.31. The fourth-order valence-corrected chi connectivity index (χ4v) is 2.64. The average molecular weight is 360 g/mol. The minimum atomic E-state index is -2.10. The van der Waals surface area contributed by atoms with Crippen molar-refractivity contribution in [1.29, 1.82) is 0 Å². The fraction of sp³-hybridized carbons (Fsp3) is 0.476. The monoisotopic (exact) mass is 360 g/mol. The second-order valence-corrected chi connectivity index (χ2v) is 6.96. The zero-order valence-corrected chi connectivity index (χ0v) is 16.3. The van der Waals surface area contributed by atoms with Crippen molar-refractivity contribution < 1.29 is 23.9 Å². The lowest BCUT2D eigenvalue weighted by Crippen LogP contribution is -2.50. The molecule has 0 aliphatic carbocycles. The van der Waals surface area contributed by atoms with Gasteiger partial charge >= 0.3 is 11.9 Å². The molecule has 142 valence electrons. The van der Waals surface area contributed by atoms with E-state index in [-0.39, 0.29) is 13.0 Å². The van der Waals surface area contributed by atoms with Crippen LogP contribution in [0.5, 0.6) is 0 Å². The summed E-state index contributed by atoms with van der Waals surface area (Å²) in [5.74, 6) is -2.45. The second-order valence-electron chi connectivity index (χ2n) is 6.96. The Morgan fingerprint density at radius 1 is 1.08 bits per heavy atom. The molecular weight excluding hydrogens is 332 g/mol. The van der Waals surface area contributed by atoms with Crippen LogP contribution in [0.1, 0.15) is 57.0 Å². The van der Waals surface area contributed by atoms with Crippen LogP contribution >= 0.6 is 0 Å². The molecule has 26 heavy (non-hydrogen) atoms. The van der Waals surface area contributed by atoms with Gasteiger partial charge in [-0.1, -0.05) is 37.3 Å². The molecule has 0 aliphatic heterocycles. The quantitative estimate of drug-likeness (QED) is 0.304. The Balaban J connectivity index is 3.60. The molecule has 1 aromatic rings. The number of carbonyl (C=O) groups excluding carboxylic acids is 3. The molecule has 0 heterocycles. The molecule has 1 rings (SSSR count). The maximum absolute atomic E-state index is 13.4. The summed E-state index contributed by atoms with van der Waals surface area (Å²) in [4.78, 5) is 39.2. The first-order chi connectivity index (χ1) is 12.1. The lowest BCUT2D eigenvalue weighted by molar-refractivity contribution is -0.174. The van der Waals surface area contributed by atoms with Crippen molar-refractivity contribution in [3.05, 3.63) is 48.0 Å². The van der Waals surface area contributed by atoms with Crippen LogP contribution in [0, 0.1) is 5.41 Å². The van der Waals surface area contributed by atoms with Gasteiger partial charge in [0.1, 0.15) is 5.60 Å². The number of carbonyl (C=O) groups is 3. The number of allylic oxidation sites excluding steroid dienone is 1. The average Bonchev–Trinajstić information content (AvgIpc) is 2.57. The number of aryl methyl sites for hydroxylation is 1. The van der Waals surface area contributed by atoms with Crippen LogP contribution in [0.25, 0.3) is 0 Å². The van der Waals surface area contributed by atoms with Gasteiger partial charge in [-0.3, -0.25) is 14.4 Å². The SMILES string of the molecule is C=CCC(C(=O)OCC)(C(=O)OC(C)(C)C)C(=O)c1ccccc1CC. The number of benzene rings is 1. The molecule has 0 spiro atoms. The van der Waals surface area contributed by atoms with Gasteiger partial charge in [0.25, 0.3) is 0 Å². The number of ether oxygens (including phenoxy) is 2. The standard InChI is InChI=1S/C21H28O5/c1-7-14-21(18(23)25-9-3,19(24)26-20(4,5)6)17(22)16-13-11-10-12-15(16)8-2/h7,10-13H,1,8-9,14H2,2-6H3. The Kier molecular flexibility index (Phi) is 7.30. The Bertz CT molecular complexity index is 684. The van der Waals surface area contributed by atoms with Gasteiger partial charge in [-0.2, -0.15) is 0 Å². The minimum Gasteiger partial charge on any atom is -0.465 e. The summed E-state index contributed by atoms with van der Waals surface area (Å²) >= 11 is 0. The predicted molar refractivity (Wildman–Crippen MR) is 99.9 cm³/mol.